The molecule has 0 saturated carbocycles. The summed E-state index contributed by atoms with van der Waals surface area (Å²) >= 11 is 0. The lowest BCUT2D eigenvalue weighted by Gasteiger charge is -2.29. The number of rotatable bonds is 7. The first-order valence-electron chi connectivity index (χ1n) is 9.32. The Morgan fingerprint density at radius 1 is 1.06 bits per heavy atom. The molecule has 0 bridgehead atoms. The Labute approximate surface area is 184 Å². The average Bonchev–Trinajstić information content (AvgIpc) is 2.78. The molecule has 1 aliphatic heterocycles. The van der Waals surface area contributed by atoms with Crippen molar-refractivity contribution in [1.29, 1.82) is 0 Å². The summed E-state index contributed by atoms with van der Waals surface area (Å²) in [4.78, 5) is 24.8. The number of hydrogen-bond donors (Lipinski definition) is 3. The van der Waals surface area contributed by atoms with Gasteiger partial charge in [-0.2, -0.15) is 0 Å². The molecule has 1 atom stereocenters. The van der Waals surface area contributed by atoms with Crippen LogP contribution in [0.2, 0.25) is 0 Å². The monoisotopic (exact) mass is 462 g/mol. The van der Waals surface area contributed by atoms with E-state index in [0.717, 1.165) is 7.11 Å². The van der Waals surface area contributed by atoms with Crippen LogP contribution in [-0.4, -0.2) is 52.6 Å². The Hall–Kier alpha value is -3.73. The Bertz CT molecular complexity index is 1170. The van der Waals surface area contributed by atoms with Crippen molar-refractivity contribution in [3.8, 4) is 17.2 Å². The van der Waals surface area contributed by atoms with Crippen LogP contribution >= 0.6 is 0 Å². The van der Waals surface area contributed by atoms with Gasteiger partial charge in [0, 0.05) is 11.8 Å². The molecule has 0 aliphatic carbocycles. The molecule has 0 spiro atoms. The fraction of sp³-hybridized carbons (Fsp3) is 0.238. The molecule has 1 heterocycles. The number of nitrogens with one attached hydrogen (secondary N) is 2. The van der Waals surface area contributed by atoms with Gasteiger partial charge in [0.05, 0.1) is 38.7 Å². The molecule has 0 fully saturated rings. The number of carbonyl (C=O) groups is 2. The van der Waals surface area contributed by atoms with Gasteiger partial charge in [0.1, 0.15) is 22.1 Å². The van der Waals surface area contributed by atoms with Gasteiger partial charge in [-0.15, -0.1) is 0 Å². The fourth-order valence-corrected chi connectivity index (χ4v) is 4.81. The fourth-order valence-electron chi connectivity index (χ4n) is 3.29. The molecule has 10 nitrogen and oxygen atoms in total. The number of amides is 2. The number of phenols is 1. The van der Waals surface area contributed by atoms with Crippen molar-refractivity contribution >= 4 is 21.8 Å². The summed E-state index contributed by atoms with van der Waals surface area (Å²) in [5.41, 5.74) is 0.235. The Morgan fingerprint density at radius 3 is 2.34 bits per heavy atom. The number of ether oxygens (including phenoxy) is 3. The van der Waals surface area contributed by atoms with E-state index in [1.165, 1.54) is 50.6 Å². The summed E-state index contributed by atoms with van der Waals surface area (Å²) in [6.45, 7) is 0. The second-order valence-corrected chi connectivity index (χ2v) is 8.74. The quantitative estimate of drug-likeness (QED) is 0.528. The highest BCUT2D eigenvalue weighted by Crippen LogP contribution is 2.33. The van der Waals surface area contributed by atoms with Gasteiger partial charge in [0.15, 0.2) is 9.84 Å². The third kappa shape index (κ3) is 4.62. The Balaban J connectivity index is 2.13. The topological polar surface area (TPSA) is 140 Å². The van der Waals surface area contributed by atoms with Crippen molar-refractivity contribution in [2.75, 3.05) is 27.1 Å². The van der Waals surface area contributed by atoms with Gasteiger partial charge in [-0.05, 0) is 29.8 Å². The molecule has 11 heteroatoms. The highest BCUT2D eigenvalue weighted by atomic mass is 32.2. The van der Waals surface area contributed by atoms with Gasteiger partial charge in [-0.1, -0.05) is 12.1 Å². The minimum absolute atomic E-state index is 0.00877. The minimum Gasteiger partial charge on any atom is -0.508 e. The average molecular weight is 462 g/mol. The molecular weight excluding hydrogens is 440 g/mol. The molecular formula is C21H22N2O8S. The smallest absolute Gasteiger partial charge is 0.338 e. The minimum atomic E-state index is -4.10. The molecule has 3 rings (SSSR count). The molecule has 0 radical (unpaired) electrons. The maximum absolute atomic E-state index is 13.3. The lowest BCUT2D eigenvalue weighted by Crippen LogP contribution is -2.47. The number of sulfone groups is 1. The number of phenolic OH excluding ortho intramolecular Hbond substituents is 1. The largest absolute Gasteiger partial charge is 0.508 e. The van der Waals surface area contributed by atoms with Crippen molar-refractivity contribution in [2.24, 2.45) is 0 Å². The van der Waals surface area contributed by atoms with Gasteiger partial charge in [0.2, 0.25) is 0 Å². The third-order valence-electron chi connectivity index (χ3n) is 4.83. The van der Waals surface area contributed by atoms with E-state index in [0.29, 0.717) is 11.3 Å². The van der Waals surface area contributed by atoms with Crippen LogP contribution in [0.15, 0.2) is 58.6 Å². The first-order valence-corrected chi connectivity index (χ1v) is 11.0. The summed E-state index contributed by atoms with van der Waals surface area (Å²) in [7, 11) is -0.228. The van der Waals surface area contributed by atoms with E-state index in [9.17, 15) is 23.1 Å². The third-order valence-corrected chi connectivity index (χ3v) is 6.48. The number of carbonyl (C=O) groups excluding carboxylic acids is 2. The van der Waals surface area contributed by atoms with Crippen LogP contribution in [0.3, 0.4) is 0 Å². The summed E-state index contributed by atoms with van der Waals surface area (Å²) in [5.74, 6) is -1.16. The molecule has 0 saturated heterocycles. The van der Waals surface area contributed by atoms with Crippen molar-refractivity contribution in [3.63, 3.8) is 0 Å². The van der Waals surface area contributed by atoms with Crippen LogP contribution in [0.4, 0.5) is 4.79 Å². The summed E-state index contributed by atoms with van der Waals surface area (Å²) in [5, 5.41) is 14.5. The van der Waals surface area contributed by atoms with Crippen molar-refractivity contribution in [1.82, 2.24) is 10.6 Å². The first-order chi connectivity index (χ1) is 15.2. The van der Waals surface area contributed by atoms with Crippen molar-refractivity contribution in [3.05, 3.63) is 59.3 Å². The predicted octanol–water partition coefficient (Wildman–Crippen LogP) is 1.66. The van der Waals surface area contributed by atoms with Crippen molar-refractivity contribution in [2.45, 2.75) is 10.9 Å². The van der Waals surface area contributed by atoms with Crippen LogP contribution in [0.1, 0.15) is 11.6 Å². The highest BCUT2D eigenvalue weighted by molar-refractivity contribution is 7.91. The molecule has 2 aromatic carbocycles. The predicted molar refractivity (Wildman–Crippen MR) is 113 cm³/mol. The van der Waals surface area contributed by atoms with Crippen molar-refractivity contribution < 1.29 is 37.3 Å². The zero-order valence-corrected chi connectivity index (χ0v) is 18.4. The summed E-state index contributed by atoms with van der Waals surface area (Å²) in [6, 6.07) is 8.38. The van der Waals surface area contributed by atoms with Crippen LogP contribution in [0.25, 0.3) is 0 Å². The molecule has 3 N–H and O–H groups in total. The number of benzene rings is 2. The number of urea groups is 1. The zero-order valence-electron chi connectivity index (χ0n) is 17.5. The van der Waals surface area contributed by atoms with Gasteiger partial charge in [-0.3, -0.25) is 0 Å². The van der Waals surface area contributed by atoms with E-state index in [4.69, 9.17) is 14.2 Å². The lowest BCUT2D eigenvalue weighted by molar-refractivity contribution is -0.136. The van der Waals surface area contributed by atoms with Gasteiger partial charge in [0.25, 0.3) is 0 Å². The molecule has 2 aromatic rings. The second kappa shape index (κ2) is 9.18. The SMILES string of the molecule is COC(=O)C1=C(CS(=O)(=O)c2cc(OC)ccc2OC)NC(=O)N[C@H]1c1ccc(O)cc1. The standard InChI is InChI=1S/C21H22N2O8S/c1-29-14-8-9-16(30-2)17(10-14)32(27,28)11-15-18(20(25)31-3)19(23-21(26)22-15)12-4-6-13(24)7-5-12/h4-10,19,24H,11H2,1-3H3,(H2,22,23,26)/t19-/m0/s1. The molecule has 32 heavy (non-hydrogen) atoms. The maximum Gasteiger partial charge on any atom is 0.338 e. The van der Waals surface area contributed by atoms with Crippen LogP contribution in [-0.2, 0) is 19.4 Å². The van der Waals surface area contributed by atoms with E-state index in [-0.39, 0.29) is 27.7 Å². The summed E-state index contributed by atoms with van der Waals surface area (Å²) in [6.07, 6.45) is 0. The summed E-state index contributed by atoms with van der Waals surface area (Å²) < 4.78 is 41.7. The maximum atomic E-state index is 13.3. The Kier molecular flexibility index (Phi) is 6.58. The lowest BCUT2D eigenvalue weighted by atomic mass is 9.95. The number of esters is 1. The first kappa shape index (κ1) is 22.9. The van der Waals surface area contributed by atoms with Gasteiger partial charge >= 0.3 is 12.0 Å². The molecule has 170 valence electrons. The zero-order chi connectivity index (χ0) is 23.5. The van der Waals surface area contributed by atoms with Gasteiger partial charge < -0.3 is 30.0 Å². The molecule has 1 aliphatic rings. The van der Waals surface area contributed by atoms with E-state index in [1.54, 1.807) is 6.07 Å². The normalized spacial score (nSPS) is 16.1. The number of aromatic hydroxyl groups is 1. The number of methoxy groups -OCH3 is 3. The molecule has 0 unspecified atom stereocenters. The highest BCUT2D eigenvalue weighted by Gasteiger charge is 2.36. The van der Waals surface area contributed by atoms with E-state index >= 15 is 0 Å². The Morgan fingerprint density at radius 2 is 1.75 bits per heavy atom. The van der Waals surface area contributed by atoms with Gasteiger partial charge in [-0.25, -0.2) is 18.0 Å². The van der Waals surface area contributed by atoms with E-state index < -0.39 is 33.6 Å². The van der Waals surface area contributed by atoms with E-state index in [2.05, 4.69) is 10.6 Å². The van der Waals surface area contributed by atoms with E-state index in [1.807, 2.05) is 0 Å². The second-order valence-electron chi connectivity index (χ2n) is 6.78. The molecule has 2 amide bonds. The molecule has 0 aromatic heterocycles. The number of hydrogen-bond acceptors (Lipinski definition) is 8. The van der Waals surface area contributed by atoms with Crippen LogP contribution < -0.4 is 20.1 Å². The van der Waals surface area contributed by atoms with Crippen LogP contribution in [0, 0.1) is 0 Å². The van der Waals surface area contributed by atoms with Crippen LogP contribution in [0.5, 0.6) is 17.2 Å².